The maximum Gasteiger partial charge on any atom is 0.230 e. The summed E-state index contributed by atoms with van der Waals surface area (Å²) in [6.45, 7) is 1.64. The molecule has 0 spiro atoms. The Bertz CT molecular complexity index is 510. The first-order chi connectivity index (χ1) is 7.11. The molecule has 0 bridgehead atoms. The van der Waals surface area contributed by atoms with Crippen molar-refractivity contribution < 1.29 is 8.91 Å². The van der Waals surface area contributed by atoms with Gasteiger partial charge in [0.1, 0.15) is 5.82 Å². The standard InChI is InChI=1S/C10H8ClFN2O/c1-5-2-3-6(8(11)9(5)12)7-4-14-15-10(7)13/h2-4H,13H2,1H3. The fraction of sp³-hybridized carbons (Fsp3) is 0.100. The molecular formula is C10H8ClFN2O. The number of nitrogen functional groups attached to an aromatic ring is 1. The Morgan fingerprint density at radius 3 is 2.73 bits per heavy atom. The number of benzene rings is 1. The fourth-order valence-corrected chi connectivity index (χ4v) is 1.62. The van der Waals surface area contributed by atoms with E-state index in [9.17, 15) is 4.39 Å². The summed E-state index contributed by atoms with van der Waals surface area (Å²) in [5.41, 5.74) is 6.99. The van der Waals surface area contributed by atoms with Crippen LogP contribution < -0.4 is 5.73 Å². The Kier molecular flexibility index (Phi) is 2.36. The van der Waals surface area contributed by atoms with Gasteiger partial charge in [-0.25, -0.2) is 4.39 Å². The van der Waals surface area contributed by atoms with E-state index in [2.05, 4.69) is 5.16 Å². The molecular weight excluding hydrogens is 219 g/mol. The van der Waals surface area contributed by atoms with Crippen molar-refractivity contribution in [3.63, 3.8) is 0 Å². The average Bonchev–Trinajstić information content (AvgIpc) is 2.62. The molecule has 2 rings (SSSR count). The van der Waals surface area contributed by atoms with E-state index in [0.29, 0.717) is 16.7 Å². The summed E-state index contributed by atoms with van der Waals surface area (Å²) >= 11 is 5.86. The molecule has 0 aliphatic heterocycles. The quantitative estimate of drug-likeness (QED) is 0.813. The van der Waals surface area contributed by atoms with Crippen LogP contribution in [-0.4, -0.2) is 5.16 Å². The first-order valence-electron chi connectivity index (χ1n) is 4.26. The Balaban J connectivity index is 2.65. The number of hydrogen-bond acceptors (Lipinski definition) is 3. The van der Waals surface area contributed by atoms with Crippen molar-refractivity contribution in [1.29, 1.82) is 0 Å². The van der Waals surface area contributed by atoms with Gasteiger partial charge in [-0.1, -0.05) is 28.9 Å². The Morgan fingerprint density at radius 1 is 1.40 bits per heavy atom. The zero-order valence-corrected chi connectivity index (χ0v) is 8.68. The van der Waals surface area contributed by atoms with Gasteiger partial charge in [0.2, 0.25) is 5.88 Å². The zero-order valence-electron chi connectivity index (χ0n) is 7.92. The second-order valence-corrected chi connectivity index (χ2v) is 3.54. The van der Waals surface area contributed by atoms with Gasteiger partial charge in [0.25, 0.3) is 0 Å². The van der Waals surface area contributed by atoms with Crippen LogP contribution in [0.5, 0.6) is 0 Å². The van der Waals surface area contributed by atoms with Crippen LogP contribution >= 0.6 is 11.6 Å². The van der Waals surface area contributed by atoms with Crippen LogP contribution in [0, 0.1) is 12.7 Å². The third kappa shape index (κ3) is 1.57. The van der Waals surface area contributed by atoms with E-state index in [0.717, 1.165) is 0 Å². The summed E-state index contributed by atoms with van der Waals surface area (Å²) in [5.74, 6) is -0.324. The lowest BCUT2D eigenvalue weighted by atomic mass is 10.1. The molecule has 0 fully saturated rings. The van der Waals surface area contributed by atoms with Gasteiger partial charge in [0.15, 0.2) is 0 Å². The number of aryl methyl sites for hydroxylation is 1. The van der Waals surface area contributed by atoms with E-state index in [-0.39, 0.29) is 10.9 Å². The summed E-state index contributed by atoms with van der Waals surface area (Å²) in [6.07, 6.45) is 1.41. The van der Waals surface area contributed by atoms with Gasteiger partial charge < -0.3 is 10.3 Å². The van der Waals surface area contributed by atoms with Gasteiger partial charge in [-0.15, -0.1) is 0 Å². The highest BCUT2D eigenvalue weighted by Gasteiger charge is 2.14. The largest absolute Gasteiger partial charge is 0.367 e. The minimum absolute atomic E-state index is 0.0323. The van der Waals surface area contributed by atoms with Crippen molar-refractivity contribution in [3.05, 3.63) is 34.7 Å². The highest BCUT2D eigenvalue weighted by molar-refractivity contribution is 6.33. The maximum absolute atomic E-state index is 13.5. The van der Waals surface area contributed by atoms with E-state index in [1.807, 2.05) is 0 Å². The van der Waals surface area contributed by atoms with Crippen molar-refractivity contribution in [3.8, 4) is 11.1 Å². The monoisotopic (exact) mass is 226 g/mol. The number of hydrogen-bond donors (Lipinski definition) is 1. The molecule has 15 heavy (non-hydrogen) atoms. The van der Waals surface area contributed by atoms with E-state index in [1.54, 1.807) is 19.1 Å². The number of nitrogens with two attached hydrogens (primary N) is 1. The summed E-state index contributed by atoms with van der Waals surface area (Å²) in [5, 5.41) is 3.54. The number of anilines is 1. The van der Waals surface area contributed by atoms with Crippen LogP contribution in [0.15, 0.2) is 22.9 Å². The molecule has 1 aromatic carbocycles. The molecule has 0 saturated heterocycles. The number of halogens is 2. The van der Waals surface area contributed by atoms with Crippen molar-refractivity contribution in [1.82, 2.24) is 5.16 Å². The van der Waals surface area contributed by atoms with E-state index >= 15 is 0 Å². The molecule has 0 aliphatic carbocycles. The molecule has 5 heteroatoms. The van der Waals surface area contributed by atoms with Crippen molar-refractivity contribution in [2.45, 2.75) is 6.92 Å². The molecule has 0 unspecified atom stereocenters. The summed E-state index contributed by atoms with van der Waals surface area (Å²) < 4.78 is 18.2. The van der Waals surface area contributed by atoms with Gasteiger partial charge >= 0.3 is 0 Å². The van der Waals surface area contributed by atoms with Gasteiger partial charge in [0, 0.05) is 5.56 Å². The lowest BCUT2D eigenvalue weighted by Crippen LogP contribution is -1.90. The predicted molar refractivity (Wildman–Crippen MR) is 56.1 cm³/mol. The Morgan fingerprint density at radius 2 is 2.13 bits per heavy atom. The van der Waals surface area contributed by atoms with E-state index < -0.39 is 5.82 Å². The Labute approximate surface area is 90.6 Å². The van der Waals surface area contributed by atoms with Crippen LogP contribution in [0.25, 0.3) is 11.1 Å². The molecule has 0 saturated carbocycles. The third-order valence-electron chi connectivity index (χ3n) is 2.16. The minimum Gasteiger partial charge on any atom is -0.367 e. The highest BCUT2D eigenvalue weighted by Crippen LogP contribution is 2.34. The molecule has 0 aliphatic rings. The Hall–Kier alpha value is -1.55. The first kappa shape index (κ1) is 9.98. The first-order valence-corrected chi connectivity index (χ1v) is 4.64. The van der Waals surface area contributed by atoms with Crippen LogP contribution in [0.4, 0.5) is 10.3 Å². The lowest BCUT2D eigenvalue weighted by molar-refractivity contribution is 0.436. The molecule has 78 valence electrons. The van der Waals surface area contributed by atoms with Gasteiger partial charge in [0.05, 0.1) is 16.8 Å². The van der Waals surface area contributed by atoms with Gasteiger partial charge in [-0.05, 0) is 12.5 Å². The molecule has 0 amide bonds. The lowest BCUT2D eigenvalue weighted by Gasteiger charge is -2.04. The van der Waals surface area contributed by atoms with Crippen LogP contribution in [0.2, 0.25) is 5.02 Å². The normalized spacial score (nSPS) is 10.6. The fourth-order valence-electron chi connectivity index (χ4n) is 1.30. The van der Waals surface area contributed by atoms with E-state index in [4.69, 9.17) is 21.9 Å². The van der Waals surface area contributed by atoms with Crippen molar-refractivity contribution >= 4 is 17.5 Å². The van der Waals surface area contributed by atoms with E-state index in [1.165, 1.54) is 6.20 Å². The summed E-state index contributed by atoms with van der Waals surface area (Å²) in [7, 11) is 0. The molecule has 2 aromatic rings. The molecule has 0 atom stereocenters. The van der Waals surface area contributed by atoms with Gasteiger partial charge in [-0.2, -0.15) is 0 Å². The molecule has 1 heterocycles. The van der Waals surface area contributed by atoms with Crippen molar-refractivity contribution in [2.75, 3.05) is 5.73 Å². The molecule has 2 N–H and O–H groups in total. The summed E-state index contributed by atoms with van der Waals surface area (Å²) in [4.78, 5) is 0. The SMILES string of the molecule is Cc1ccc(-c2cnoc2N)c(Cl)c1F. The molecule has 3 nitrogen and oxygen atoms in total. The number of aromatic nitrogens is 1. The van der Waals surface area contributed by atoms with Crippen LogP contribution in [-0.2, 0) is 0 Å². The number of nitrogens with zero attached hydrogens (tertiary/aromatic N) is 1. The van der Waals surface area contributed by atoms with Crippen molar-refractivity contribution in [2.24, 2.45) is 0 Å². The second-order valence-electron chi connectivity index (χ2n) is 3.16. The second kappa shape index (κ2) is 3.55. The number of rotatable bonds is 1. The zero-order chi connectivity index (χ0) is 11.0. The third-order valence-corrected chi connectivity index (χ3v) is 2.53. The van der Waals surface area contributed by atoms with Crippen LogP contribution in [0.3, 0.4) is 0 Å². The topological polar surface area (TPSA) is 52.0 Å². The predicted octanol–water partition coefficient (Wildman–Crippen LogP) is 3.02. The van der Waals surface area contributed by atoms with Crippen LogP contribution in [0.1, 0.15) is 5.56 Å². The average molecular weight is 227 g/mol. The smallest absolute Gasteiger partial charge is 0.230 e. The summed E-state index contributed by atoms with van der Waals surface area (Å²) in [6, 6.07) is 3.31. The molecule has 1 aromatic heterocycles. The highest BCUT2D eigenvalue weighted by atomic mass is 35.5. The molecule has 0 radical (unpaired) electrons. The van der Waals surface area contributed by atoms with Gasteiger partial charge in [-0.3, -0.25) is 0 Å². The minimum atomic E-state index is -0.449. The maximum atomic E-state index is 13.5.